The first-order chi connectivity index (χ1) is 14.2. The summed E-state index contributed by atoms with van der Waals surface area (Å²) in [6, 6.07) is 7.16. The molecule has 0 bridgehead atoms. The molecule has 1 aliphatic carbocycles. The van der Waals surface area contributed by atoms with Gasteiger partial charge in [-0.2, -0.15) is 0 Å². The number of guanidine groups is 1. The molecule has 29 heavy (non-hydrogen) atoms. The first-order valence-electron chi connectivity index (χ1n) is 11.4. The SMILES string of the molecule is CCNC(=NCC1(c2ccccc2F)CC1)NCCCCN1CCN(CC)CC1. The van der Waals surface area contributed by atoms with Crippen molar-refractivity contribution in [3.8, 4) is 0 Å². The average Bonchev–Trinajstić information content (AvgIpc) is 3.53. The summed E-state index contributed by atoms with van der Waals surface area (Å²) in [6.07, 6.45) is 4.37. The van der Waals surface area contributed by atoms with Crippen LogP contribution in [-0.2, 0) is 5.41 Å². The highest BCUT2D eigenvalue weighted by Crippen LogP contribution is 2.49. The van der Waals surface area contributed by atoms with Crippen LogP contribution in [-0.4, -0.2) is 74.7 Å². The molecule has 0 radical (unpaired) electrons. The summed E-state index contributed by atoms with van der Waals surface area (Å²) in [4.78, 5) is 9.88. The monoisotopic (exact) mass is 403 g/mol. The fourth-order valence-corrected chi connectivity index (χ4v) is 4.12. The van der Waals surface area contributed by atoms with Crippen molar-refractivity contribution in [1.82, 2.24) is 20.4 Å². The zero-order valence-corrected chi connectivity index (χ0v) is 18.2. The Labute approximate surface area is 175 Å². The Bertz CT molecular complexity index is 650. The number of hydrogen-bond donors (Lipinski definition) is 2. The zero-order chi connectivity index (χ0) is 20.5. The molecular formula is C23H38FN5. The van der Waals surface area contributed by atoms with E-state index in [9.17, 15) is 4.39 Å². The van der Waals surface area contributed by atoms with E-state index in [1.165, 1.54) is 45.7 Å². The fourth-order valence-electron chi connectivity index (χ4n) is 4.12. The molecule has 5 nitrogen and oxygen atoms in total. The molecule has 3 rings (SSSR count). The molecule has 0 amide bonds. The molecular weight excluding hydrogens is 365 g/mol. The van der Waals surface area contributed by atoms with Gasteiger partial charge in [0.05, 0.1) is 6.54 Å². The van der Waals surface area contributed by atoms with Crippen LogP contribution in [0.15, 0.2) is 29.3 Å². The molecule has 0 spiro atoms. The highest BCUT2D eigenvalue weighted by Gasteiger charge is 2.45. The van der Waals surface area contributed by atoms with E-state index < -0.39 is 0 Å². The summed E-state index contributed by atoms with van der Waals surface area (Å²) in [5.74, 6) is 0.754. The van der Waals surface area contributed by atoms with Crippen LogP contribution in [0.4, 0.5) is 4.39 Å². The Kier molecular flexibility index (Phi) is 8.30. The van der Waals surface area contributed by atoms with Crippen molar-refractivity contribution in [1.29, 1.82) is 0 Å². The van der Waals surface area contributed by atoms with Gasteiger partial charge in [-0.1, -0.05) is 25.1 Å². The molecule has 1 aromatic carbocycles. The quantitative estimate of drug-likeness (QED) is 0.358. The molecule has 1 aromatic rings. The van der Waals surface area contributed by atoms with Gasteiger partial charge in [0.15, 0.2) is 5.96 Å². The first-order valence-corrected chi connectivity index (χ1v) is 11.4. The Hall–Kier alpha value is -1.66. The largest absolute Gasteiger partial charge is 0.357 e. The minimum Gasteiger partial charge on any atom is -0.357 e. The molecule has 2 fully saturated rings. The molecule has 1 saturated carbocycles. The van der Waals surface area contributed by atoms with E-state index in [0.717, 1.165) is 43.9 Å². The van der Waals surface area contributed by atoms with Gasteiger partial charge in [0.1, 0.15) is 5.82 Å². The summed E-state index contributed by atoms with van der Waals surface area (Å²) >= 11 is 0. The Morgan fingerprint density at radius 3 is 2.41 bits per heavy atom. The van der Waals surface area contributed by atoms with Crippen LogP contribution >= 0.6 is 0 Å². The molecule has 162 valence electrons. The topological polar surface area (TPSA) is 42.9 Å². The lowest BCUT2D eigenvalue weighted by atomic mass is 9.95. The van der Waals surface area contributed by atoms with Gasteiger partial charge in [0.25, 0.3) is 0 Å². The molecule has 2 N–H and O–H groups in total. The number of nitrogens with zero attached hydrogens (tertiary/aromatic N) is 3. The number of benzene rings is 1. The standard InChI is InChI=1S/C23H38FN5/c1-3-25-22(26-13-7-8-14-29-17-15-28(4-2)16-18-29)27-19-23(11-12-23)20-9-5-6-10-21(20)24/h5-6,9-10H,3-4,7-8,11-19H2,1-2H3,(H2,25,26,27). The lowest BCUT2D eigenvalue weighted by molar-refractivity contribution is 0.136. The predicted octanol–water partition coefficient (Wildman–Crippen LogP) is 2.83. The average molecular weight is 404 g/mol. The number of halogens is 1. The van der Waals surface area contributed by atoms with E-state index in [1.54, 1.807) is 12.1 Å². The van der Waals surface area contributed by atoms with Gasteiger partial charge >= 0.3 is 0 Å². The normalized spacial score (nSPS) is 19.9. The molecule has 6 heteroatoms. The van der Waals surface area contributed by atoms with Crippen LogP contribution in [0.3, 0.4) is 0 Å². The second-order valence-electron chi connectivity index (χ2n) is 8.37. The number of likely N-dealkylation sites (N-methyl/N-ethyl adjacent to an activating group) is 1. The number of unbranched alkanes of at least 4 members (excludes halogenated alkanes) is 1. The van der Waals surface area contributed by atoms with Crippen LogP contribution in [0.1, 0.15) is 45.1 Å². The predicted molar refractivity (Wildman–Crippen MR) is 119 cm³/mol. The summed E-state index contributed by atoms with van der Waals surface area (Å²) in [7, 11) is 0. The molecule has 1 saturated heterocycles. The molecule has 1 heterocycles. The van der Waals surface area contributed by atoms with E-state index >= 15 is 0 Å². The summed E-state index contributed by atoms with van der Waals surface area (Å²) in [5.41, 5.74) is 0.719. The third-order valence-electron chi connectivity index (χ3n) is 6.29. The maximum absolute atomic E-state index is 14.2. The zero-order valence-electron chi connectivity index (χ0n) is 18.2. The minimum absolute atomic E-state index is 0.0991. The third-order valence-corrected chi connectivity index (χ3v) is 6.29. The summed E-state index contributed by atoms with van der Waals surface area (Å²) in [6.45, 7) is 13.9. The molecule has 0 atom stereocenters. The van der Waals surface area contributed by atoms with Crippen molar-refractivity contribution in [2.75, 3.05) is 58.9 Å². The van der Waals surface area contributed by atoms with Crippen molar-refractivity contribution in [3.63, 3.8) is 0 Å². The lowest BCUT2D eigenvalue weighted by Crippen LogP contribution is -2.46. The molecule has 0 aromatic heterocycles. The van der Waals surface area contributed by atoms with Gasteiger partial charge in [-0.25, -0.2) is 4.39 Å². The highest BCUT2D eigenvalue weighted by molar-refractivity contribution is 5.79. The van der Waals surface area contributed by atoms with E-state index in [0.29, 0.717) is 6.54 Å². The highest BCUT2D eigenvalue weighted by atomic mass is 19.1. The van der Waals surface area contributed by atoms with Crippen LogP contribution in [0.25, 0.3) is 0 Å². The van der Waals surface area contributed by atoms with Crippen LogP contribution in [0.5, 0.6) is 0 Å². The third kappa shape index (κ3) is 6.41. The van der Waals surface area contributed by atoms with Crippen molar-refractivity contribution >= 4 is 5.96 Å². The first kappa shape index (κ1) is 22.0. The van der Waals surface area contributed by atoms with E-state index in [2.05, 4.69) is 34.3 Å². The van der Waals surface area contributed by atoms with E-state index in [-0.39, 0.29) is 11.2 Å². The number of aliphatic imine (C=N–C) groups is 1. The van der Waals surface area contributed by atoms with Crippen LogP contribution in [0.2, 0.25) is 0 Å². The number of hydrogen-bond acceptors (Lipinski definition) is 3. The maximum atomic E-state index is 14.2. The fraction of sp³-hybridized carbons (Fsp3) is 0.696. The van der Waals surface area contributed by atoms with Gasteiger partial charge in [0, 0.05) is 44.7 Å². The van der Waals surface area contributed by atoms with Gasteiger partial charge < -0.3 is 20.4 Å². The number of nitrogens with one attached hydrogen (secondary N) is 2. The van der Waals surface area contributed by atoms with Crippen molar-refractivity contribution < 1.29 is 4.39 Å². The summed E-state index contributed by atoms with van der Waals surface area (Å²) < 4.78 is 14.2. The summed E-state index contributed by atoms with van der Waals surface area (Å²) in [5, 5.41) is 6.79. The maximum Gasteiger partial charge on any atom is 0.191 e. The van der Waals surface area contributed by atoms with Crippen LogP contribution < -0.4 is 10.6 Å². The van der Waals surface area contributed by atoms with Crippen LogP contribution in [0, 0.1) is 5.82 Å². The van der Waals surface area contributed by atoms with Crippen molar-refractivity contribution in [3.05, 3.63) is 35.6 Å². The van der Waals surface area contributed by atoms with E-state index in [4.69, 9.17) is 4.99 Å². The Morgan fingerprint density at radius 1 is 1.03 bits per heavy atom. The molecule has 1 aliphatic heterocycles. The van der Waals surface area contributed by atoms with Gasteiger partial charge in [-0.3, -0.25) is 4.99 Å². The smallest absolute Gasteiger partial charge is 0.191 e. The van der Waals surface area contributed by atoms with Gasteiger partial charge in [-0.05, 0) is 57.3 Å². The number of rotatable bonds is 10. The second-order valence-corrected chi connectivity index (χ2v) is 8.37. The molecule has 2 aliphatic rings. The molecule has 0 unspecified atom stereocenters. The van der Waals surface area contributed by atoms with E-state index in [1.807, 2.05) is 12.1 Å². The van der Waals surface area contributed by atoms with Crippen molar-refractivity contribution in [2.45, 2.75) is 44.9 Å². The van der Waals surface area contributed by atoms with Gasteiger partial charge in [-0.15, -0.1) is 0 Å². The Morgan fingerprint density at radius 2 is 1.76 bits per heavy atom. The van der Waals surface area contributed by atoms with Gasteiger partial charge in [0.2, 0.25) is 0 Å². The Balaban J connectivity index is 1.39. The minimum atomic E-state index is -0.103. The van der Waals surface area contributed by atoms with Crippen molar-refractivity contribution in [2.24, 2.45) is 4.99 Å². The lowest BCUT2D eigenvalue weighted by Gasteiger charge is -2.34. The second kappa shape index (κ2) is 10.9. The number of piperazine rings is 1.